The minimum absolute atomic E-state index is 0.0787. The molecular weight excluding hydrogens is 420 g/mol. The lowest BCUT2D eigenvalue weighted by Crippen LogP contribution is -2.40. The van der Waals surface area contributed by atoms with E-state index < -0.39 is 0 Å². The summed E-state index contributed by atoms with van der Waals surface area (Å²) in [6.45, 7) is 6.65. The van der Waals surface area contributed by atoms with Crippen molar-refractivity contribution in [1.29, 1.82) is 0 Å². The lowest BCUT2D eigenvalue weighted by Gasteiger charge is -2.36. The Morgan fingerprint density at radius 2 is 1.76 bits per heavy atom. The Morgan fingerprint density at radius 1 is 1.06 bits per heavy atom. The number of fused-ring (bicyclic) bond motifs is 1. The number of nitrogens with one attached hydrogen (secondary N) is 3. The van der Waals surface area contributed by atoms with E-state index in [1.54, 1.807) is 16.8 Å². The molecule has 0 unspecified atom stereocenters. The summed E-state index contributed by atoms with van der Waals surface area (Å²) in [4.78, 5) is 35.6. The van der Waals surface area contributed by atoms with Gasteiger partial charge in [-0.1, -0.05) is 13.8 Å². The maximum atomic E-state index is 12.0. The molecule has 33 heavy (non-hydrogen) atoms. The predicted octanol–water partition coefficient (Wildman–Crippen LogP) is 2.19. The second kappa shape index (κ2) is 9.09. The fraction of sp³-hybridized carbons (Fsp3) is 0.609. The molecule has 3 N–H and O–H groups in total. The van der Waals surface area contributed by atoms with Gasteiger partial charge in [-0.25, -0.2) is 0 Å². The average Bonchev–Trinajstić information content (AvgIpc) is 3.44. The summed E-state index contributed by atoms with van der Waals surface area (Å²) in [5.41, 5.74) is 1.74. The van der Waals surface area contributed by atoms with Gasteiger partial charge in [0.1, 0.15) is 0 Å². The molecule has 2 aromatic rings. The fourth-order valence-electron chi connectivity index (χ4n) is 4.88. The minimum atomic E-state index is -0.354. The Labute approximate surface area is 193 Å². The first-order valence-electron chi connectivity index (χ1n) is 12.1. The van der Waals surface area contributed by atoms with Gasteiger partial charge >= 0.3 is 0 Å². The van der Waals surface area contributed by atoms with Gasteiger partial charge in [0.25, 0.3) is 5.91 Å². The van der Waals surface area contributed by atoms with Crippen LogP contribution in [0.1, 0.15) is 64.4 Å². The van der Waals surface area contributed by atoms with E-state index in [4.69, 9.17) is 9.97 Å². The molecule has 0 radical (unpaired) electrons. The number of carbonyl (C=O) groups is 2. The maximum absolute atomic E-state index is 12.0. The highest BCUT2D eigenvalue weighted by atomic mass is 16.2. The van der Waals surface area contributed by atoms with Crippen molar-refractivity contribution in [1.82, 2.24) is 29.8 Å². The van der Waals surface area contributed by atoms with Crippen LogP contribution in [-0.4, -0.2) is 67.5 Å². The highest BCUT2D eigenvalue weighted by molar-refractivity contribution is 6.15. The first-order chi connectivity index (χ1) is 16.0. The van der Waals surface area contributed by atoms with Gasteiger partial charge < -0.3 is 15.5 Å². The zero-order valence-electron chi connectivity index (χ0n) is 19.3. The SMILES string of the molecule is CCN(CC)C1CCC(Nc2nc(NC3CC3)n3ncc(/C=C4\CC(=O)NC4=O)c3n2)CC1. The Hall–Kier alpha value is -3.01. The number of carbonyl (C=O) groups excluding carboxylic acids is 2. The zero-order chi connectivity index (χ0) is 22.9. The number of rotatable bonds is 8. The molecule has 10 heteroatoms. The highest BCUT2D eigenvalue weighted by Crippen LogP contribution is 2.28. The molecule has 5 rings (SSSR count). The van der Waals surface area contributed by atoms with Gasteiger partial charge in [-0.2, -0.15) is 19.6 Å². The lowest BCUT2D eigenvalue weighted by atomic mass is 9.90. The number of hydrogen-bond acceptors (Lipinski definition) is 8. The van der Waals surface area contributed by atoms with E-state index in [0.29, 0.717) is 46.8 Å². The van der Waals surface area contributed by atoms with Gasteiger partial charge in [0.15, 0.2) is 5.65 Å². The molecule has 2 amide bonds. The van der Waals surface area contributed by atoms with E-state index in [9.17, 15) is 9.59 Å². The quantitative estimate of drug-likeness (QED) is 0.412. The second-order valence-electron chi connectivity index (χ2n) is 9.22. The molecule has 2 saturated carbocycles. The van der Waals surface area contributed by atoms with Crippen molar-refractivity contribution < 1.29 is 9.59 Å². The van der Waals surface area contributed by atoms with E-state index in [1.807, 2.05) is 0 Å². The number of imide groups is 1. The molecule has 0 atom stereocenters. The highest BCUT2D eigenvalue weighted by Gasteiger charge is 2.28. The van der Waals surface area contributed by atoms with Gasteiger partial charge in [-0.15, -0.1) is 0 Å². The normalized spacial score (nSPS) is 24.6. The Kier molecular flexibility index (Phi) is 6.01. The van der Waals surface area contributed by atoms with Crippen LogP contribution >= 0.6 is 0 Å². The summed E-state index contributed by atoms with van der Waals surface area (Å²) in [5.74, 6) is 0.589. The number of nitrogens with zero attached hydrogens (tertiary/aromatic N) is 5. The predicted molar refractivity (Wildman–Crippen MR) is 126 cm³/mol. The fourth-order valence-corrected chi connectivity index (χ4v) is 4.88. The summed E-state index contributed by atoms with van der Waals surface area (Å²) in [5, 5.41) is 13.8. The summed E-state index contributed by atoms with van der Waals surface area (Å²) in [6.07, 6.45) is 10.2. The molecule has 3 fully saturated rings. The molecule has 1 saturated heterocycles. The topological polar surface area (TPSA) is 117 Å². The van der Waals surface area contributed by atoms with E-state index in [1.165, 1.54) is 12.8 Å². The van der Waals surface area contributed by atoms with Crippen molar-refractivity contribution in [3.63, 3.8) is 0 Å². The van der Waals surface area contributed by atoms with E-state index in [2.05, 4.69) is 39.8 Å². The molecule has 0 aromatic carbocycles. The van der Waals surface area contributed by atoms with E-state index >= 15 is 0 Å². The largest absolute Gasteiger partial charge is 0.351 e. The molecule has 0 spiro atoms. The smallest absolute Gasteiger partial charge is 0.254 e. The van der Waals surface area contributed by atoms with Gasteiger partial charge in [-0.3, -0.25) is 14.9 Å². The third-order valence-corrected chi connectivity index (χ3v) is 6.89. The van der Waals surface area contributed by atoms with Crippen molar-refractivity contribution in [2.75, 3.05) is 23.7 Å². The third-order valence-electron chi connectivity index (χ3n) is 6.89. The Bertz CT molecular complexity index is 1080. The summed E-state index contributed by atoms with van der Waals surface area (Å²) in [6, 6.07) is 1.39. The van der Waals surface area contributed by atoms with Crippen molar-refractivity contribution in [3.8, 4) is 0 Å². The molecule has 2 aliphatic carbocycles. The standard InChI is InChI=1S/C23H32N8O2/c1-3-30(4-2)18-9-7-16(8-10-18)25-22-28-20-15(11-14-12-19(32)27-21(14)33)13-24-31(20)23(29-22)26-17-5-6-17/h11,13,16-18H,3-10,12H2,1-2H3,(H,27,32,33)(H2,25,26,28,29)/b14-11+. The number of aromatic nitrogens is 4. The Morgan fingerprint density at radius 3 is 2.39 bits per heavy atom. The first kappa shape index (κ1) is 21.8. The lowest BCUT2D eigenvalue weighted by molar-refractivity contribution is -0.124. The summed E-state index contributed by atoms with van der Waals surface area (Å²) in [7, 11) is 0. The summed E-state index contributed by atoms with van der Waals surface area (Å²) >= 11 is 0. The molecule has 176 valence electrons. The molecule has 0 bridgehead atoms. The van der Waals surface area contributed by atoms with Gasteiger partial charge in [-0.05, 0) is 57.7 Å². The van der Waals surface area contributed by atoms with Crippen LogP contribution in [0.5, 0.6) is 0 Å². The number of anilines is 2. The van der Waals surface area contributed by atoms with Crippen molar-refractivity contribution in [3.05, 3.63) is 17.3 Å². The van der Waals surface area contributed by atoms with Crippen molar-refractivity contribution in [2.24, 2.45) is 0 Å². The van der Waals surface area contributed by atoms with Crippen LogP contribution in [0.15, 0.2) is 11.8 Å². The van der Waals surface area contributed by atoms with Crippen molar-refractivity contribution in [2.45, 2.75) is 76.9 Å². The third kappa shape index (κ3) is 4.71. The van der Waals surface area contributed by atoms with E-state index in [-0.39, 0.29) is 18.2 Å². The van der Waals surface area contributed by atoms with Crippen molar-refractivity contribution >= 4 is 35.4 Å². The second-order valence-corrected chi connectivity index (χ2v) is 9.22. The van der Waals surface area contributed by atoms with Crippen LogP contribution in [0.25, 0.3) is 11.7 Å². The van der Waals surface area contributed by atoms with Gasteiger partial charge in [0.05, 0.1) is 12.6 Å². The minimum Gasteiger partial charge on any atom is -0.351 e. The molecule has 3 heterocycles. The molecule has 10 nitrogen and oxygen atoms in total. The van der Waals surface area contributed by atoms with E-state index in [0.717, 1.165) is 38.8 Å². The Balaban J connectivity index is 1.39. The molecule has 1 aliphatic heterocycles. The summed E-state index contributed by atoms with van der Waals surface area (Å²) < 4.78 is 1.68. The van der Waals surface area contributed by atoms with Crippen LogP contribution in [0, 0.1) is 0 Å². The van der Waals surface area contributed by atoms with Gasteiger partial charge in [0, 0.05) is 29.3 Å². The maximum Gasteiger partial charge on any atom is 0.254 e. The molecule has 3 aliphatic rings. The van der Waals surface area contributed by atoms with Crippen LogP contribution in [0.2, 0.25) is 0 Å². The number of amides is 2. The zero-order valence-corrected chi connectivity index (χ0v) is 19.3. The molecule has 2 aromatic heterocycles. The number of hydrogen-bond donors (Lipinski definition) is 3. The van der Waals surface area contributed by atoms with Gasteiger partial charge in [0.2, 0.25) is 17.8 Å². The average molecular weight is 453 g/mol. The van der Waals surface area contributed by atoms with Crippen LogP contribution in [0.4, 0.5) is 11.9 Å². The van der Waals surface area contributed by atoms with Crippen LogP contribution in [0.3, 0.4) is 0 Å². The first-order valence-corrected chi connectivity index (χ1v) is 12.1. The monoisotopic (exact) mass is 452 g/mol. The van der Waals surface area contributed by atoms with Crippen LogP contribution in [-0.2, 0) is 9.59 Å². The van der Waals surface area contributed by atoms with Crippen LogP contribution < -0.4 is 16.0 Å². The molecular formula is C23H32N8O2.